The number of H-pyrrole nitrogens is 1. The number of aromatic amines is 1. The minimum Gasteiger partial charge on any atom is -0.494 e. The lowest BCUT2D eigenvalue weighted by Gasteiger charge is -2.05. The summed E-state index contributed by atoms with van der Waals surface area (Å²) in [5, 5.41) is 18.5. The molecule has 7 nitrogen and oxygen atoms in total. The number of pyridine rings is 1. The van der Waals surface area contributed by atoms with Gasteiger partial charge in [-0.25, -0.2) is 4.79 Å². The Hall–Kier alpha value is -3.18. The Labute approximate surface area is 188 Å². The summed E-state index contributed by atoms with van der Waals surface area (Å²) >= 11 is 3.41. The number of carboxylic acids is 1. The highest BCUT2D eigenvalue weighted by Gasteiger charge is 2.38. The first-order chi connectivity index (χ1) is 15.0. The Morgan fingerprint density at radius 2 is 1.81 bits per heavy atom. The van der Waals surface area contributed by atoms with Gasteiger partial charge in [-0.3, -0.25) is 19.7 Å². The quantitative estimate of drug-likeness (QED) is 0.444. The SMILES string of the molecule is CN1Cc2ccc(N=Cc3c(O)[nH]c(=O)c4ccc(Br)cc34)cc2C1.O=C(O)C(F)(F)F. The van der Waals surface area contributed by atoms with Crippen molar-refractivity contribution in [3.05, 3.63) is 67.9 Å². The van der Waals surface area contributed by atoms with Crippen LogP contribution in [-0.4, -0.2) is 45.5 Å². The first kappa shape index (κ1) is 23.5. The van der Waals surface area contributed by atoms with Crippen LogP contribution in [0.25, 0.3) is 10.8 Å². The van der Waals surface area contributed by atoms with Crippen LogP contribution in [-0.2, 0) is 17.9 Å². The third-order valence-corrected chi connectivity index (χ3v) is 5.15. The van der Waals surface area contributed by atoms with Gasteiger partial charge in [-0.2, -0.15) is 13.2 Å². The van der Waals surface area contributed by atoms with Crippen LogP contribution in [0.1, 0.15) is 16.7 Å². The van der Waals surface area contributed by atoms with Crippen molar-refractivity contribution in [3.63, 3.8) is 0 Å². The molecule has 0 saturated carbocycles. The second kappa shape index (κ2) is 9.13. The van der Waals surface area contributed by atoms with Gasteiger partial charge in [-0.05, 0) is 48.5 Å². The monoisotopic (exact) mass is 511 g/mol. The van der Waals surface area contributed by atoms with E-state index >= 15 is 0 Å². The second-order valence-corrected chi connectivity index (χ2v) is 8.01. The summed E-state index contributed by atoms with van der Waals surface area (Å²) in [4.78, 5) is 30.1. The van der Waals surface area contributed by atoms with E-state index in [-0.39, 0.29) is 11.4 Å². The van der Waals surface area contributed by atoms with Crippen LogP contribution < -0.4 is 5.56 Å². The standard InChI is InChI=1S/C19H16BrN3O2.C2HF3O2/c1-23-9-11-2-4-14(6-12(11)10-23)21-8-17-16-7-13(20)3-5-15(16)18(24)22-19(17)25;3-2(4,5)1(6)7/h2-8H,9-10H2,1H3,(H2,22,24,25);(H,6,7). The Bertz CT molecular complexity index is 1270. The van der Waals surface area contributed by atoms with E-state index in [1.54, 1.807) is 18.3 Å². The molecule has 0 radical (unpaired) electrons. The van der Waals surface area contributed by atoms with Gasteiger partial charge < -0.3 is 10.2 Å². The van der Waals surface area contributed by atoms with Gasteiger partial charge >= 0.3 is 12.1 Å². The van der Waals surface area contributed by atoms with Gasteiger partial charge in [0.2, 0.25) is 5.88 Å². The van der Waals surface area contributed by atoms with E-state index < -0.39 is 12.1 Å². The number of carbonyl (C=O) groups is 1. The lowest BCUT2D eigenvalue weighted by atomic mass is 10.1. The predicted octanol–water partition coefficient (Wildman–Crippen LogP) is 4.33. The van der Waals surface area contributed by atoms with E-state index in [0.29, 0.717) is 16.3 Å². The van der Waals surface area contributed by atoms with Crippen LogP contribution in [0, 0.1) is 0 Å². The molecule has 0 saturated heterocycles. The van der Waals surface area contributed by atoms with Crippen molar-refractivity contribution < 1.29 is 28.2 Å². The zero-order valence-corrected chi connectivity index (χ0v) is 18.2. The molecule has 3 aromatic rings. The minimum absolute atomic E-state index is 0.180. The number of halogens is 4. The number of rotatable bonds is 2. The van der Waals surface area contributed by atoms with E-state index in [1.807, 2.05) is 12.1 Å². The second-order valence-electron chi connectivity index (χ2n) is 7.09. The molecule has 0 fully saturated rings. The molecule has 0 unspecified atom stereocenters. The van der Waals surface area contributed by atoms with E-state index in [0.717, 1.165) is 23.2 Å². The third-order valence-electron chi connectivity index (χ3n) is 4.66. The largest absolute Gasteiger partial charge is 0.494 e. The fourth-order valence-corrected chi connectivity index (χ4v) is 3.57. The van der Waals surface area contributed by atoms with E-state index in [4.69, 9.17) is 9.90 Å². The number of fused-ring (bicyclic) bond motifs is 2. The first-order valence-corrected chi connectivity index (χ1v) is 9.94. The van der Waals surface area contributed by atoms with Crippen LogP contribution in [0.15, 0.2) is 50.7 Å². The van der Waals surface area contributed by atoms with Crippen molar-refractivity contribution in [2.24, 2.45) is 4.99 Å². The number of hydrogen-bond donors (Lipinski definition) is 3. The number of aromatic nitrogens is 1. The van der Waals surface area contributed by atoms with Crippen molar-refractivity contribution >= 4 is 44.6 Å². The van der Waals surface area contributed by atoms with Gasteiger partial charge in [0.25, 0.3) is 5.56 Å². The summed E-state index contributed by atoms with van der Waals surface area (Å²) in [5.41, 5.74) is 3.59. The molecule has 1 aliphatic heterocycles. The molecule has 0 bridgehead atoms. The summed E-state index contributed by atoms with van der Waals surface area (Å²) in [7, 11) is 2.09. The molecule has 1 aromatic heterocycles. The van der Waals surface area contributed by atoms with Crippen LogP contribution in [0.2, 0.25) is 0 Å². The van der Waals surface area contributed by atoms with E-state index in [9.17, 15) is 23.1 Å². The molecule has 2 heterocycles. The summed E-state index contributed by atoms with van der Waals surface area (Å²) in [6.07, 6.45) is -3.49. The van der Waals surface area contributed by atoms with E-state index in [2.05, 4.69) is 50.0 Å². The number of aliphatic carboxylic acids is 1. The number of hydrogen-bond acceptors (Lipinski definition) is 5. The lowest BCUT2D eigenvalue weighted by molar-refractivity contribution is -0.192. The number of aromatic hydroxyl groups is 1. The van der Waals surface area contributed by atoms with Crippen LogP contribution in [0.4, 0.5) is 18.9 Å². The molecule has 0 atom stereocenters. The topological polar surface area (TPSA) is 106 Å². The normalized spacial score (nSPS) is 13.8. The fraction of sp³-hybridized carbons (Fsp3) is 0.190. The van der Waals surface area contributed by atoms with Crippen molar-refractivity contribution in [3.8, 4) is 5.88 Å². The Kier molecular flexibility index (Phi) is 6.70. The van der Waals surface area contributed by atoms with Gasteiger partial charge in [-0.15, -0.1) is 0 Å². The highest BCUT2D eigenvalue weighted by Crippen LogP contribution is 2.28. The van der Waals surface area contributed by atoms with Crippen LogP contribution in [0.3, 0.4) is 0 Å². The molecule has 0 amide bonds. The lowest BCUT2D eigenvalue weighted by Crippen LogP contribution is -2.21. The van der Waals surface area contributed by atoms with Crippen LogP contribution in [0.5, 0.6) is 5.88 Å². The summed E-state index contributed by atoms with van der Waals surface area (Å²) < 4.78 is 32.6. The van der Waals surface area contributed by atoms with Crippen LogP contribution >= 0.6 is 15.9 Å². The van der Waals surface area contributed by atoms with Crippen molar-refractivity contribution in [2.45, 2.75) is 19.3 Å². The van der Waals surface area contributed by atoms with Gasteiger partial charge in [0.1, 0.15) is 0 Å². The maximum absolute atomic E-state index is 12.0. The molecule has 3 N–H and O–H groups in total. The molecule has 4 rings (SSSR count). The van der Waals surface area contributed by atoms with Gasteiger partial charge in [0.15, 0.2) is 0 Å². The molecule has 0 spiro atoms. The molecule has 32 heavy (non-hydrogen) atoms. The summed E-state index contributed by atoms with van der Waals surface area (Å²) in [5.74, 6) is -2.94. The zero-order valence-electron chi connectivity index (χ0n) is 16.6. The molecule has 168 valence electrons. The van der Waals surface area contributed by atoms with Gasteiger partial charge in [-0.1, -0.05) is 22.0 Å². The first-order valence-electron chi connectivity index (χ1n) is 9.14. The number of carboxylic acid groups (broad SMARTS) is 1. The molecule has 1 aliphatic rings. The number of benzene rings is 2. The Morgan fingerprint density at radius 3 is 2.47 bits per heavy atom. The fourth-order valence-electron chi connectivity index (χ4n) is 3.21. The Balaban J connectivity index is 0.000000360. The summed E-state index contributed by atoms with van der Waals surface area (Å²) in [6.45, 7) is 1.87. The number of alkyl halides is 3. The minimum atomic E-state index is -5.08. The number of nitrogens with zero attached hydrogens (tertiary/aromatic N) is 2. The van der Waals surface area contributed by atoms with Crippen molar-refractivity contribution in [2.75, 3.05) is 7.05 Å². The smallest absolute Gasteiger partial charge is 0.490 e. The molecule has 0 aliphatic carbocycles. The predicted molar refractivity (Wildman–Crippen MR) is 116 cm³/mol. The zero-order chi connectivity index (χ0) is 23.6. The highest BCUT2D eigenvalue weighted by atomic mass is 79.9. The number of nitrogens with one attached hydrogen (secondary N) is 1. The molecule has 2 aromatic carbocycles. The summed E-state index contributed by atoms with van der Waals surface area (Å²) in [6, 6.07) is 11.5. The molecular weight excluding hydrogens is 495 g/mol. The molecule has 11 heteroatoms. The average molecular weight is 512 g/mol. The van der Waals surface area contributed by atoms with E-state index in [1.165, 1.54) is 11.1 Å². The Morgan fingerprint density at radius 1 is 1.16 bits per heavy atom. The highest BCUT2D eigenvalue weighted by molar-refractivity contribution is 9.10. The van der Waals surface area contributed by atoms with Crippen molar-refractivity contribution in [1.29, 1.82) is 0 Å². The number of aliphatic imine (C=N–C) groups is 1. The van der Waals surface area contributed by atoms with Crippen molar-refractivity contribution in [1.82, 2.24) is 9.88 Å². The maximum atomic E-state index is 12.0. The van der Waals surface area contributed by atoms with Gasteiger partial charge in [0.05, 0.1) is 11.3 Å². The third kappa shape index (κ3) is 5.35. The maximum Gasteiger partial charge on any atom is 0.490 e. The average Bonchev–Trinajstić information content (AvgIpc) is 3.06. The molecular formula is C21H17BrF3N3O4. The van der Waals surface area contributed by atoms with Gasteiger partial charge in [0, 0.05) is 34.5 Å².